The predicted molar refractivity (Wildman–Crippen MR) is 146 cm³/mol. The van der Waals surface area contributed by atoms with Gasteiger partial charge in [-0.15, -0.1) is 0 Å². The van der Waals surface area contributed by atoms with Crippen molar-refractivity contribution in [2.75, 3.05) is 47.4 Å². The van der Waals surface area contributed by atoms with Crippen LogP contribution in [0.1, 0.15) is 17.0 Å². The number of nitrogens with zero attached hydrogens (tertiary/aromatic N) is 2. The maximum absolute atomic E-state index is 5.52. The van der Waals surface area contributed by atoms with E-state index < -0.39 is 0 Å². The monoisotopic (exact) mass is 501 g/mol. The quantitative estimate of drug-likeness (QED) is 0.289. The third-order valence-corrected chi connectivity index (χ3v) is 5.88. The van der Waals surface area contributed by atoms with Crippen LogP contribution in [0.5, 0.6) is 28.7 Å². The lowest BCUT2D eigenvalue weighted by atomic mass is 10.1. The molecule has 0 saturated carbocycles. The highest BCUT2D eigenvalue weighted by atomic mass is 16.5. The van der Waals surface area contributed by atoms with Gasteiger partial charge in [0.25, 0.3) is 0 Å². The second-order valence-corrected chi connectivity index (χ2v) is 8.16. The zero-order valence-electron chi connectivity index (χ0n) is 21.7. The van der Waals surface area contributed by atoms with Crippen molar-refractivity contribution in [1.82, 2.24) is 9.97 Å². The van der Waals surface area contributed by atoms with Crippen LogP contribution in [0, 0.1) is 0 Å². The molecule has 0 fully saturated rings. The molecule has 0 atom stereocenters. The van der Waals surface area contributed by atoms with Gasteiger partial charge in [-0.05, 0) is 54.0 Å². The van der Waals surface area contributed by atoms with Crippen LogP contribution in [0.15, 0.2) is 54.6 Å². The summed E-state index contributed by atoms with van der Waals surface area (Å²) in [5, 5.41) is 4.32. The second-order valence-electron chi connectivity index (χ2n) is 8.16. The van der Waals surface area contributed by atoms with Crippen molar-refractivity contribution < 1.29 is 23.7 Å². The zero-order valence-corrected chi connectivity index (χ0v) is 21.7. The molecule has 4 aromatic rings. The molecule has 1 heterocycles. The molecule has 0 spiro atoms. The molecule has 0 aliphatic rings. The Morgan fingerprint density at radius 1 is 0.676 bits per heavy atom. The molecule has 8 heteroatoms. The van der Waals surface area contributed by atoms with E-state index in [1.807, 2.05) is 54.6 Å². The van der Waals surface area contributed by atoms with Crippen molar-refractivity contribution in [3.8, 4) is 28.7 Å². The van der Waals surface area contributed by atoms with Crippen LogP contribution in [0.3, 0.4) is 0 Å². The van der Waals surface area contributed by atoms with Crippen LogP contribution in [0.25, 0.3) is 23.1 Å². The Labute approximate surface area is 216 Å². The number of rotatable bonds is 11. The first kappa shape index (κ1) is 25.6. The summed E-state index contributed by atoms with van der Waals surface area (Å²) in [6, 6.07) is 17.5. The van der Waals surface area contributed by atoms with E-state index in [-0.39, 0.29) is 0 Å². The first-order valence-electron chi connectivity index (χ1n) is 11.8. The highest BCUT2D eigenvalue weighted by molar-refractivity contribution is 5.92. The smallest absolute Gasteiger partial charge is 0.162 e. The molecule has 3 aromatic carbocycles. The molecule has 8 nitrogen and oxygen atoms in total. The highest BCUT2D eigenvalue weighted by Gasteiger charge is 2.13. The van der Waals surface area contributed by atoms with E-state index in [0.717, 1.165) is 28.6 Å². The number of fused-ring (bicyclic) bond motifs is 1. The minimum absolute atomic E-state index is 0.549. The minimum atomic E-state index is 0.549. The molecule has 1 N–H and O–H groups in total. The van der Waals surface area contributed by atoms with Gasteiger partial charge in [0.1, 0.15) is 23.1 Å². The lowest BCUT2D eigenvalue weighted by Gasteiger charge is -2.13. The Morgan fingerprint density at radius 2 is 1.32 bits per heavy atom. The van der Waals surface area contributed by atoms with Gasteiger partial charge < -0.3 is 29.0 Å². The summed E-state index contributed by atoms with van der Waals surface area (Å²) in [5.74, 6) is 4.72. The topological polar surface area (TPSA) is 84.0 Å². The Balaban J connectivity index is 1.66. The molecule has 192 valence electrons. The van der Waals surface area contributed by atoms with Crippen molar-refractivity contribution in [2.45, 2.75) is 6.42 Å². The lowest BCUT2D eigenvalue weighted by molar-refractivity contribution is 0.356. The Bertz CT molecular complexity index is 1360. The molecule has 0 amide bonds. The first-order chi connectivity index (χ1) is 18.1. The number of methoxy groups -OCH3 is 5. The van der Waals surface area contributed by atoms with Crippen LogP contribution >= 0.6 is 0 Å². The van der Waals surface area contributed by atoms with Gasteiger partial charge in [-0.3, -0.25) is 0 Å². The molecular weight excluding hydrogens is 470 g/mol. The fraction of sp³-hybridized carbons (Fsp3) is 0.241. The van der Waals surface area contributed by atoms with Crippen LogP contribution < -0.4 is 29.0 Å². The predicted octanol–water partition coefficient (Wildman–Crippen LogP) is 5.50. The molecule has 4 rings (SSSR count). The van der Waals surface area contributed by atoms with Crippen LogP contribution in [0.2, 0.25) is 0 Å². The van der Waals surface area contributed by atoms with E-state index in [0.29, 0.717) is 41.2 Å². The minimum Gasteiger partial charge on any atom is -0.497 e. The number of aromatic nitrogens is 2. The van der Waals surface area contributed by atoms with Crippen molar-refractivity contribution in [2.24, 2.45) is 0 Å². The molecule has 0 radical (unpaired) electrons. The van der Waals surface area contributed by atoms with Gasteiger partial charge in [0.15, 0.2) is 17.3 Å². The summed E-state index contributed by atoms with van der Waals surface area (Å²) < 4.78 is 27.0. The molecular formula is C29H31N3O5. The van der Waals surface area contributed by atoms with E-state index in [1.54, 1.807) is 35.5 Å². The number of ether oxygens (including phenoxy) is 5. The third kappa shape index (κ3) is 6.22. The van der Waals surface area contributed by atoms with Gasteiger partial charge in [0, 0.05) is 24.1 Å². The molecule has 1 aromatic heterocycles. The molecule has 0 bridgehead atoms. The van der Waals surface area contributed by atoms with Crippen LogP contribution in [0.4, 0.5) is 5.82 Å². The summed E-state index contributed by atoms with van der Waals surface area (Å²) in [4.78, 5) is 9.56. The largest absolute Gasteiger partial charge is 0.497 e. The van der Waals surface area contributed by atoms with Gasteiger partial charge in [-0.2, -0.15) is 0 Å². The highest BCUT2D eigenvalue weighted by Crippen LogP contribution is 2.34. The van der Waals surface area contributed by atoms with E-state index in [2.05, 4.69) is 17.4 Å². The van der Waals surface area contributed by atoms with Crippen molar-refractivity contribution in [1.29, 1.82) is 0 Å². The zero-order chi connectivity index (χ0) is 26.2. The lowest BCUT2D eigenvalue weighted by Crippen LogP contribution is -2.08. The van der Waals surface area contributed by atoms with Crippen LogP contribution in [-0.4, -0.2) is 52.1 Å². The number of benzene rings is 3. The first-order valence-corrected chi connectivity index (χ1v) is 11.8. The summed E-state index contributed by atoms with van der Waals surface area (Å²) in [7, 11) is 8.13. The molecule has 0 aliphatic carbocycles. The Morgan fingerprint density at radius 3 is 1.95 bits per heavy atom. The second kappa shape index (κ2) is 12.0. The molecule has 0 unspecified atom stereocenters. The maximum Gasteiger partial charge on any atom is 0.162 e. The van der Waals surface area contributed by atoms with Gasteiger partial charge in [0.2, 0.25) is 0 Å². The summed E-state index contributed by atoms with van der Waals surface area (Å²) in [6.45, 7) is 0.684. The van der Waals surface area contributed by atoms with E-state index in [9.17, 15) is 0 Å². The average molecular weight is 502 g/mol. The van der Waals surface area contributed by atoms with E-state index in [4.69, 9.17) is 33.7 Å². The Kier molecular flexibility index (Phi) is 8.30. The normalized spacial score (nSPS) is 10.9. The van der Waals surface area contributed by atoms with E-state index in [1.165, 1.54) is 5.56 Å². The van der Waals surface area contributed by atoms with Gasteiger partial charge in [-0.1, -0.05) is 18.2 Å². The summed E-state index contributed by atoms with van der Waals surface area (Å²) in [6.07, 6.45) is 4.60. The average Bonchev–Trinajstić information content (AvgIpc) is 2.95. The fourth-order valence-electron chi connectivity index (χ4n) is 3.90. The third-order valence-electron chi connectivity index (χ3n) is 5.88. The number of hydrogen-bond donors (Lipinski definition) is 1. The summed E-state index contributed by atoms with van der Waals surface area (Å²) in [5.41, 5.74) is 2.83. The summed E-state index contributed by atoms with van der Waals surface area (Å²) >= 11 is 0. The van der Waals surface area contributed by atoms with Crippen molar-refractivity contribution in [3.63, 3.8) is 0 Å². The van der Waals surface area contributed by atoms with E-state index >= 15 is 0 Å². The number of nitrogens with one attached hydrogen (secondary N) is 1. The number of hydrogen-bond acceptors (Lipinski definition) is 8. The molecule has 0 saturated heterocycles. The van der Waals surface area contributed by atoms with Crippen molar-refractivity contribution >= 4 is 28.9 Å². The SMILES string of the molecule is COc1ccc(CCNc2nc(/C=C/c3cc(OC)cc(OC)c3)nc3cc(OC)c(OC)cc23)cc1. The molecule has 0 aliphatic heterocycles. The molecule has 37 heavy (non-hydrogen) atoms. The Hall–Kier alpha value is -4.46. The van der Waals surface area contributed by atoms with Gasteiger partial charge in [-0.25, -0.2) is 9.97 Å². The standard InChI is InChI=1S/C29H31N3O5/c1-33-21-9-6-19(7-10-21)12-13-30-29-24-17-26(36-4)27(37-5)18-25(24)31-28(32-29)11-8-20-14-22(34-2)16-23(15-20)35-3/h6-11,14-18H,12-13H2,1-5H3,(H,30,31,32)/b11-8+. The van der Waals surface area contributed by atoms with Gasteiger partial charge >= 0.3 is 0 Å². The number of anilines is 1. The van der Waals surface area contributed by atoms with Crippen LogP contribution in [-0.2, 0) is 6.42 Å². The fourth-order valence-corrected chi connectivity index (χ4v) is 3.90. The van der Waals surface area contributed by atoms with Gasteiger partial charge in [0.05, 0.1) is 41.1 Å². The maximum atomic E-state index is 5.52. The van der Waals surface area contributed by atoms with Crippen molar-refractivity contribution in [3.05, 3.63) is 71.5 Å².